The van der Waals surface area contributed by atoms with Gasteiger partial charge in [0.1, 0.15) is 0 Å². The van der Waals surface area contributed by atoms with Gasteiger partial charge in [0.2, 0.25) is 0 Å². The highest BCUT2D eigenvalue weighted by atomic mass is 14.6. The maximum atomic E-state index is 6.05. The molecule has 4 aromatic carbocycles. The molecule has 5 rings (SSSR count). The Morgan fingerprint density at radius 2 is 0.897 bits per heavy atom. The Labute approximate surface area is 171 Å². The molecule has 0 fully saturated rings. The largest absolute Gasteiger partial charge is 0.399 e. The Morgan fingerprint density at radius 3 is 1.28 bits per heavy atom. The Hall–Kier alpha value is -3.52. The summed E-state index contributed by atoms with van der Waals surface area (Å²) >= 11 is 0. The highest BCUT2D eigenvalue weighted by molar-refractivity contribution is 5.87. The van der Waals surface area contributed by atoms with Gasteiger partial charge in [-0.05, 0) is 71.5 Å². The van der Waals surface area contributed by atoms with E-state index in [1.807, 2.05) is 24.3 Å². The minimum atomic E-state index is -0.399. The van der Waals surface area contributed by atoms with Crippen LogP contribution >= 0.6 is 0 Å². The van der Waals surface area contributed by atoms with E-state index in [9.17, 15) is 0 Å². The van der Waals surface area contributed by atoms with Gasteiger partial charge in [0.25, 0.3) is 0 Å². The minimum absolute atomic E-state index is 0.399. The molecular weight excluding hydrogens is 352 g/mol. The number of benzene rings is 4. The van der Waals surface area contributed by atoms with Gasteiger partial charge >= 0.3 is 0 Å². The van der Waals surface area contributed by atoms with Crippen molar-refractivity contribution in [2.45, 2.75) is 19.3 Å². The quantitative estimate of drug-likeness (QED) is 0.381. The van der Waals surface area contributed by atoms with E-state index in [-0.39, 0.29) is 0 Å². The zero-order chi connectivity index (χ0) is 20.2. The van der Waals surface area contributed by atoms with Gasteiger partial charge in [-0.3, -0.25) is 0 Å². The lowest BCUT2D eigenvalue weighted by Crippen LogP contribution is -2.28. The molecule has 0 aliphatic heterocycles. The van der Waals surface area contributed by atoms with Crippen LogP contribution in [-0.2, 0) is 5.41 Å². The molecule has 0 aromatic heterocycles. The SMILES string of the molecule is Cc1ccc2c(c1)C(c1ccc(N)cc1)(c1ccc(N)cc1)c1cc(C)ccc1-2. The van der Waals surface area contributed by atoms with Crippen LogP contribution in [0.15, 0.2) is 84.9 Å². The molecular formula is C27H24N2. The van der Waals surface area contributed by atoms with E-state index in [1.54, 1.807) is 0 Å². The molecule has 0 spiro atoms. The molecule has 1 aliphatic rings. The fourth-order valence-electron chi connectivity index (χ4n) is 4.81. The summed E-state index contributed by atoms with van der Waals surface area (Å²) in [6.45, 7) is 4.32. The number of rotatable bonds is 2. The predicted molar refractivity (Wildman–Crippen MR) is 122 cm³/mol. The van der Waals surface area contributed by atoms with Gasteiger partial charge < -0.3 is 11.5 Å². The van der Waals surface area contributed by atoms with E-state index in [1.165, 1.54) is 44.5 Å². The van der Waals surface area contributed by atoms with Crippen LogP contribution in [0.25, 0.3) is 11.1 Å². The topological polar surface area (TPSA) is 52.0 Å². The number of nitrogens with two attached hydrogens (primary N) is 2. The van der Waals surface area contributed by atoms with Gasteiger partial charge in [0.15, 0.2) is 0 Å². The summed E-state index contributed by atoms with van der Waals surface area (Å²) in [5, 5.41) is 0. The van der Waals surface area contributed by atoms with Crippen molar-refractivity contribution < 1.29 is 0 Å². The summed E-state index contributed by atoms with van der Waals surface area (Å²) in [4.78, 5) is 0. The fourth-order valence-corrected chi connectivity index (χ4v) is 4.81. The molecule has 0 bridgehead atoms. The summed E-state index contributed by atoms with van der Waals surface area (Å²) in [6.07, 6.45) is 0. The van der Waals surface area contributed by atoms with Crippen molar-refractivity contribution in [2.75, 3.05) is 11.5 Å². The highest BCUT2D eigenvalue weighted by Gasteiger charge is 2.46. The summed E-state index contributed by atoms with van der Waals surface area (Å²) in [5.41, 5.74) is 23.4. The van der Waals surface area contributed by atoms with Crippen LogP contribution in [0.4, 0.5) is 11.4 Å². The van der Waals surface area contributed by atoms with E-state index >= 15 is 0 Å². The molecule has 142 valence electrons. The number of anilines is 2. The van der Waals surface area contributed by atoms with Crippen molar-refractivity contribution in [2.24, 2.45) is 0 Å². The molecule has 0 unspecified atom stereocenters. The first-order valence-corrected chi connectivity index (χ1v) is 9.95. The summed E-state index contributed by atoms with van der Waals surface area (Å²) in [7, 11) is 0. The van der Waals surface area contributed by atoms with E-state index in [0.717, 1.165) is 11.4 Å². The highest BCUT2D eigenvalue weighted by Crippen LogP contribution is 2.56. The summed E-state index contributed by atoms with van der Waals surface area (Å²) in [6, 6.07) is 30.2. The lowest BCUT2D eigenvalue weighted by Gasteiger charge is -2.34. The summed E-state index contributed by atoms with van der Waals surface area (Å²) < 4.78 is 0. The van der Waals surface area contributed by atoms with Gasteiger partial charge in [-0.2, -0.15) is 0 Å². The van der Waals surface area contributed by atoms with E-state index < -0.39 is 5.41 Å². The van der Waals surface area contributed by atoms with E-state index in [4.69, 9.17) is 11.5 Å². The second kappa shape index (κ2) is 6.25. The van der Waals surface area contributed by atoms with Gasteiger partial charge in [-0.1, -0.05) is 71.8 Å². The second-order valence-corrected chi connectivity index (χ2v) is 8.09. The first-order chi connectivity index (χ1) is 14.0. The Balaban J connectivity index is 1.97. The van der Waals surface area contributed by atoms with Crippen molar-refractivity contribution in [3.63, 3.8) is 0 Å². The zero-order valence-corrected chi connectivity index (χ0v) is 16.7. The van der Waals surface area contributed by atoms with Crippen LogP contribution in [0, 0.1) is 13.8 Å². The smallest absolute Gasteiger partial charge is 0.0713 e. The third-order valence-electron chi connectivity index (χ3n) is 6.14. The average Bonchev–Trinajstić information content (AvgIpc) is 2.99. The normalized spacial score (nSPS) is 13.7. The lowest BCUT2D eigenvalue weighted by atomic mass is 9.67. The third-order valence-corrected chi connectivity index (χ3v) is 6.14. The first-order valence-electron chi connectivity index (χ1n) is 9.95. The van der Waals surface area contributed by atoms with Crippen molar-refractivity contribution >= 4 is 11.4 Å². The van der Waals surface area contributed by atoms with Crippen LogP contribution in [0.5, 0.6) is 0 Å². The molecule has 4 N–H and O–H groups in total. The maximum Gasteiger partial charge on any atom is 0.0713 e. The Bertz CT molecular complexity index is 1120. The monoisotopic (exact) mass is 376 g/mol. The molecule has 1 aliphatic carbocycles. The maximum absolute atomic E-state index is 6.05. The third kappa shape index (κ3) is 2.49. The van der Waals surface area contributed by atoms with Gasteiger partial charge in [0.05, 0.1) is 5.41 Å². The van der Waals surface area contributed by atoms with Gasteiger partial charge in [-0.25, -0.2) is 0 Å². The van der Waals surface area contributed by atoms with Crippen LogP contribution in [0.1, 0.15) is 33.4 Å². The number of hydrogen-bond acceptors (Lipinski definition) is 2. The molecule has 0 radical (unpaired) electrons. The van der Waals surface area contributed by atoms with Gasteiger partial charge in [0, 0.05) is 11.4 Å². The number of nitrogen functional groups attached to an aromatic ring is 2. The van der Waals surface area contributed by atoms with E-state index in [0.29, 0.717) is 0 Å². The number of aryl methyl sites for hydroxylation is 2. The Kier molecular flexibility index (Phi) is 3.78. The molecule has 0 atom stereocenters. The minimum Gasteiger partial charge on any atom is -0.399 e. The number of fused-ring (bicyclic) bond motifs is 3. The molecule has 0 heterocycles. The molecule has 2 nitrogen and oxygen atoms in total. The van der Waals surface area contributed by atoms with E-state index in [2.05, 4.69) is 74.5 Å². The fraction of sp³-hybridized carbons (Fsp3) is 0.111. The lowest BCUT2D eigenvalue weighted by molar-refractivity contribution is 0.767. The molecule has 0 saturated carbocycles. The van der Waals surface area contributed by atoms with Crippen LogP contribution in [0.3, 0.4) is 0 Å². The first kappa shape index (κ1) is 17.6. The van der Waals surface area contributed by atoms with Crippen molar-refractivity contribution in [1.82, 2.24) is 0 Å². The number of hydrogen-bond donors (Lipinski definition) is 2. The predicted octanol–water partition coefficient (Wildman–Crippen LogP) is 5.83. The van der Waals surface area contributed by atoms with Crippen molar-refractivity contribution in [3.8, 4) is 11.1 Å². The molecule has 29 heavy (non-hydrogen) atoms. The van der Waals surface area contributed by atoms with Crippen LogP contribution < -0.4 is 11.5 Å². The molecule has 2 heteroatoms. The van der Waals surface area contributed by atoms with Gasteiger partial charge in [-0.15, -0.1) is 0 Å². The van der Waals surface area contributed by atoms with Crippen molar-refractivity contribution in [3.05, 3.63) is 118 Å². The molecule has 0 saturated heterocycles. The second-order valence-electron chi connectivity index (χ2n) is 8.09. The molecule has 0 amide bonds. The standard InChI is InChI=1S/C27H24N2/c1-17-3-13-23-24-14-4-18(2)16-26(24)27(25(23)15-17,19-5-9-21(28)10-6-19)20-7-11-22(29)12-8-20/h3-16H,28-29H2,1-2H3. The zero-order valence-electron chi connectivity index (χ0n) is 16.7. The molecule has 4 aromatic rings. The van der Waals surface area contributed by atoms with Crippen molar-refractivity contribution in [1.29, 1.82) is 0 Å². The van der Waals surface area contributed by atoms with Crippen LogP contribution in [0.2, 0.25) is 0 Å². The summed E-state index contributed by atoms with van der Waals surface area (Å²) in [5.74, 6) is 0. The Morgan fingerprint density at radius 1 is 0.517 bits per heavy atom. The van der Waals surface area contributed by atoms with Crippen LogP contribution in [-0.4, -0.2) is 0 Å². The average molecular weight is 377 g/mol.